The number of morpholine rings is 1. The Morgan fingerprint density at radius 2 is 2.09 bits per heavy atom. The van der Waals surface area contributed by atoms with Crippen molar-refractivity contribution in [1.29, 1.82) is 0 Å². The number of carbonyl (C=O) groups excluding carboxylic acids is 1. The molecule has 1 aromatic carbocycles. The van der Waals surface area contributed by atoms with E-state index in [0.717, 1.165) is 16.4 Å². The SMILES string of the molecule is COCCNC(=O)c1ccc(F)c(S(=O)(=O)N2CCOCC2)c1. The number of amides is 1. The van der Waals surface area contributed by atoms with Gasteiger partial charge in [0.1, 0.15) is 10.7 Å². The van der Waals surface area contributed by atoms with E-state index >= 15 is 0 Å². The van der Waals surface area contributed by atoms with Crippen molar-refractivity contribution in [2.24, 2.45) is 0 Å². The summed E-state index contributed by atoms with van der Waals surface area (Å²) in [4.78, 5) is 11.5. The standard InChI is InChI=1S/C14H19FN2O5S/c1-21-7-4-16-14(18)11-2-3-12(15)13(10-11)23(19,20)17-5-8-22-9-6-17/h2-3,10H,4-9H2,1H3,(H,16,18). The highest BCUT2D eigenvalue weighted by atomic mass is 32.2. The van der Waals surface area contributed by atoms with Crippen molar-refractivity contribution in [3.63, 3.8) is 0 Å². The molecular formula is C14H19FN2O5S. The van der Waals surface area contributed by atoms with Crippen LogP contribution in [0.2, 0.25) is 0 Å². The van der Waals surface area contributed by atoms with Gasteiger partial charge in [-0.1, -0.05) is 0 Å². The maximum Gasteiger partial charge on any atom is 0.251 e. The average Bonchev–Trinajstić information content (AvgIpc) is 2.56. The topological polar surface area (TPSA) is 84.9 Å². The van der Waals surface area contributed by atoms with E-state index in [0.29, 0.717) is 6.61 Å². The number of halogens is 1. The fourth-order valence-corrected chi connectivity index (χ4v) is 3.64. The molecule has 23 heavy (non-hydrogen) atoms. The van der Waals surface area contributed by atoms with Crippen LogP contribution in [0.25, 0.3) is 0 Å². The first kappa shape index (κ1) is 17.8. The van der Waals surface area contributed by atoms with Crippen LogP contribution in [0.1, 0.15) is 10.4 Å². The van der Waals surface area contributed by atoms with Crippen molar-refractivity contribution in [2.45, 2.75) is 4.90 Å². The molecule has 128 valence electrons. The van der Waals surface area contributed by atoms with Gasteiger partial charge in [-0.15, -0.1) is 0 Å². The van der Waals surface area contributed by atoms with Gasteiger partial charge in [-0.2, -0.15) is 4.31 Å². The lowest BCUT2D eigenvalue weighted by atomic mass is 10.2. The fraction of sp³-hybridized carbons (Fsp3) is 0.500. The highest BCUT2D eigenvalue weighted by Gasteiger charge is 2.29. The lowest BCUT2D eigenvalue weighted by Gasteiger charge is -2.26. The summed E-state index contributed by atoms with van der Waals surface area (Å²) in [6, 6.07) is 3.29. The summed E-state index contributed by atoms with van der Waals surface area (Å²) in [6.45, 7) is 1.44. The Kier molecular flexibility index (Phi) is 6.05. The Bertz CT molecular complexity index is 659. The molecule has 9 heteroatoms. The summed E-state index contributed by atoms with van der Waals surface area (Å²) < 4.78 is 50.1. The minimum absolute atomic E-state index is 0.0781. The van der Waals surface area contributed by atoms with Gasteiger partial charge in [-0.3, -0.25) is 4.79 Å². The Hall–Kier alpha value is -1.55. The van der Waals surface area contributed by atoms with Crippen LogP contribution in [0.5, 0.6) is 0 Å². The van der Waals surface area contributed by atoms with Gasteiger partial charge in [-0.05, 0) is 18.2 Å². The van der Waals surface area contributed by atoms with Gasteiger partial charge in [0.2, 0.25) is 10.0 Å². The largest absolute Gasteiger partial charge is 0.383 e. The molecular weight excluding hydrogens is 327 g/mol. The van der Waals surface area contributed by atoms with Crippen LogP contribution in [-0.4, -0.2) is 65.2 Å². The summed E-state index contributed by atoms with van der Waals surface area (Å²) in [5, 5.41) is 2.56. The number of ether oxygens (including phenoxy) is 2. The summed E-state index contributed by atoms with van der Waals surface area (Å²) >= 11 is 0. The van der Waals surface area contributed by atoms with Gasteiger partial charge in [0.25, 0.3) is 5.91 Å². The number of hydrogen-bond acceptors (Lipinski definition) is 5. The lowest BCUT2D eigenvalue weighted by molar-refractivity contribution is 0.0729. The Morgan fingerprint density at radius 1 is 1.39 bits per heavy atom. The molecule has 0 atom stereocenters. The van der Waals surface area contributed by atoms with E-state index in [9.17, 15) is 17.6 Å². The molecule has 1 aromatic rings. The molecule has 0 saturated carbocycles. The number of sulfonamides is 1. The molecule has 1 aliphatic rings. The number of methoxy groups -OCH3 is 1. The van der Waals surface area contributed by atoms with E-state index in [-0.39, 0.29) is 38.4 Å². The molecule has 7 nitrogen and oxygen atoms in total. The number of carbonyl (C=O) groups is 1. The summed E-state index contributed by atoms with van der Waals surface area (Å²) in [7, 11) is -2.50. The second-order valence-corrected chi connectivity index (χ2v) is 6.82. The van der Waals surface area contributed by atoms with E-state index in [1.165, 1.54) is 13.2 Å². The lowest BCUT2D eigenvalue weighted by Crippen LogP contribution is -2.41. The molecule has 1 amide bonds. The molecule has 0 aliphatic carbocycles. The van der Waals surface area contributed by atoms with Crippen LogP contribution in [0.15, 0.2) is 23.1 Å². The predicted octanol–water partition coefficient (Wildman–Crippen LogP) is 0.223. The Labute approximate surface area is 134 Å². The second kappa shape index (κ2) is 7.82. The first-order valence-corrected chi connectivity index (χ1v) is 8.55. The van der Waals surface area contributed by atoms with Gasteiger partial charge in [-0.25, -0.2) is 12.8 Å². The van der Waals surface area contributed by atoms with E-state index in [1.807, 2.05) is 0 Å². The molecule has 2 rings (SSSR count). The fourth-order valence-electron chi connectivity index (χ4n) is 2.14. The monoisotopic (exact) mass is 346 g/mol. The number of hydrogen-bond donors (Lipinski definition) is 1. The van der Waals surface area contributed by atoms with E-state index < -0.39 is 26.6 Å². The van der Waals surface area contributed by atoms with Crippen molar-refractivity contribution in [3.05, 3.63) is 29.6 Å². The van der Waals surface area contributed by atoms with Gasteiger partial charge >= 0.3 is 0 Å². The van der Waals surface area contributed by atoms with Gasteiger partial charge in [0, 0.05) is 32.3 Å². The molecule has 1 N–H and O–H groups in total. The van der Waals surface area contributed by atoms with Crippen molar-refractivity contribution in [1.82, 2.24) is 9.62 Å². The van der Waals surface area contributed by atoms with Gasteiger partial charge in [0.05, 0.1) is 19.8 Å². The van der Waals surface area contributed by atoms with Gasteiger partial charge < -0.3 is 14.8 Å². The third-order valence-corrected chi connectivity index (χ3v) is 5.29. The van der Waals surface area contributed by atoms with Crippen molar-refractivity contribution in [2.75, 3.05) is 46.6 Å². The van der Waals surface area contributed by atoms with E-state index in [4.69, 9.17) is 9.47 Å². The zero-order chi connectivity index (χ0) is 16.9. The van der Waals surface area contributed by atoms with Crippen molar-refractivity contribution < 1.29 is 27.1 Å². The average molecular weight is 346 g/mol. The highest BCUT2D eigenvalue weighted by Crippen LogP contribution is 2.21. The second-order valence-electron chi connectivity index (χ2n) is 4.91. The minimum Gasteiger partial charge on any atom is -0.383 e. The highest BCUT2D eigenvalue weighted by molar-refractivity contribution is 7.89. The number of nitrogens with zero attached hydrogens (tertiary/aromatic N) is 1. The van der Waals surface area contributed by atoms with E-state index in [1.54, 1.807) is 0 Å². The van der Waals surface area contributed by atoms with Crippen LogP contribution in [-0.2, 0) is 19.5 Å². The van der Waals surface area contributed by atoms with Crippen LogP contribution in [0.4, 0.5) is 4.39 Å². The third-order valence-electron chi connectivity index (χ3n) is 3.37. The van der Waals surface area contributed by atoms with E-state index in [2.05, 4.69) is 5.32 Å². The van der Waals surface area contributed by atoms with Crippen molar-refractivity contribution >= 4 is 15.9 Å². The van der Waals surface area contributed by atoms with Crippen LogP contribution in [0, 0.1) is 5.82 Å². The van der Waals surface area contributed by atoms with Crippen LogP contribution in [0.3, 0.4) is 0 Å². The zero-order valence-electron chi connectivity index (χ0n) is 12.7. The molecule has 1 heterocycles. The number of rotatable bonds is 6. The minimum atomic E-state index is -4.00. The molecule has 1 aliphatic heterocycles. The first-order chi connectivity index (χ1) is 11.0. The molecule has 0 spiro atoms. The maximum absolute atomic E-state index is 14.0. The Morgan fingerprint density at radius 3 is 2.74 bits per heavy atom. The van der Waals surface area contributed by atoms with Crippen molar-refractivity contribution in [3.8, 4) is 0 Å². The van der Waals surface area contributed by atoms with Crippen LogP contribution >= 0.6 is 0 Å². The normalized spacial score (nSPS) is 16.3. The molecule has 1 saturated heterocycles. The first-order valence-electron chi connectivity index (χ1n) is 7.11. The third kappa shape index (κ3) is 4.25. The van der Waals surface area contributed by atoms with Gasteiger partial charge in [0.15, 0.2) is 0 Å². The molecule has 0 radical (unpaired) electrons. The smallest absolute Gasteiger partial charge is 0.251 e. The predicted molar refractivity (Wildman–Crippen MR) is 80.2 cm³/mol. The summed E-state index contributed by atoms with van der Waals surface area (Å²) in [5.41, 5.74) is 0.0781. The molecule has 0 bridgehead atoms. The molecule has 1 fully saturated rings. The quantitative estimate of drug-likeness (QED) is 0.745. The van der Waals surface area contributed by atoms with Crippen LogP contribution < -0.4 is 5.32 Å². The molecule has 0 aromatic heterocycles. The maximum atomic E-state index is 14.0. The number of nitrogens with one attached hydrogen (secondary N) is 1. The number of benzene rings is 1. The molecule has 0 unspecified atom stereocenters. The zero-order valence-corrected chi connectivity index (χ0v) is 13.6. The summed E-state index contributed by atoms with van der Waals surface area (Å²) in [5.74, 6) is -1.37. The summed E-state index contributed by atoms with van der Waals surface area (Å²) in [6.07, 6.45) is 0. The Balaban J connectivity index is 2.24.